The fraction of sp³-hybridized carbons (Fsp3) is 0.125. The summed E-state index contributed by atoms with van der Waals surface area (Å²) in [5.74, 6) is 0. The number of hydrogen-bond acceptors (Lipinski definition) is 0. The van der Waals surface area contributed by atoms with E-state index in [-0.39, 0.29) is 26.2 Å². The molecule has 0 aliphatic rings. The van der Waals surface area contributed by atoms with Gasteiger partial charge in [-0.05, 0) is 0 Å². The standard InChI is InChI=1S/C8H9.Zr/c1-2-8-6-4-3-5-7-8;/h2-7H,1H3;/q-1;. The van der Waals surface area contributed by atoms with Crippen molar-refractivity contribution in [2.45, 2.75) is 6.92 Å². The van der Waals surface area contributed by atoms with Gasteiger partial charge in [0.2, 0.25) is 0 Å². The molecule has 1 aromatic rings. The summed E-state index contributed by atoms with van der Waals surface area (Å²) < 4.78 is 0. The van der Waals surface area contributed by atoms with Crippen molar-refractivity contribution in [3.05, 3.63) is 42.3 Å². The van der Waals surface area contributed by atoms with E-state index in [1.54, 1.807) is 0 Å². The second-order valence-corrected chi connectivity index (χ2v) is 1.70. The molecule has 0 unspecified atom stereocenters. The Morgan fingerprint density at radius 2 is 1.67 bits per heavy atom. The van der Waals surface area contributed by atoms with E-state index in [0.29, 0.717) is 0 Å². The van der Waals surface area contributed by atoms with Crippen molar-refractivity contribution in [2.75, 3.05) is 0 Å². The summed E-state index contributed by atoms with van der Waals surface area (Å²) in [5, 5.41) is 0. The van der Waals surface area contributed by atoms with Crippen LogP contribution in [0.4, 0.5) is 0 Å². The minimum absolute atomic E-state index is 0. The number of hydrogen-bond donors (Lipinski definition) is 0. The molecule has 0 heterocycles. The first-order valence-electron chi connectivity index (χ1n) is 2.78. The zero-order valence-corrected chi connectivity index (χ0v) is 7.92. The molecule has 0 aliphatic carbocycles. The molecule has 0 aliphatic heterocycles. The van der Waals surface area contributed by atoms with Crippen LogP contribution in [0, 0.1) is 6.42 Å². The maximum Gasteiger partial charge on any atom is 0 e. The van der Waals surface area contributed by atoms with E-state index >= 15 is 0 Å². The third kappa shape index (κ3) is 2.86. The van der Waals surface area contributed by atoms with E-state index in [1.807, 2.05) is 25.1 Å². The van der Waals surface area contributed by atoms with Crippen LogP contribution in [0.1, 0.15) is 12.5 Å². The van der Waals surface area contributed by atoms with Crippen molar-refractivity contribution in [1.29, 1.82) is 0 Å². The van der Waals surface area contributed by atoms with Crippen molar-refractivity contribution in [3.8, 4) is 0 Å². The van der Waals surface area contributed by atoms with Gasteiger partial charge in [-0.2, -0.15) is 24.1 Å². The minimum atomic E-state index is 0. The average molecular weight is 196 g/mol. The topological polar surface area (TPSA) is 0 Å². The molecule has 0 radical (unpaired) electrons. The van der Waals surface area contributed by atoms with Gasteiger partial charge in [0.25, 0.3) is 0 Å². The van der Waals surface area contributed by atoms with E-state index in [1.165, 1.54) is 5.56 Å². The Morgan fingerprint density at radius 1 is 1.11 bits per heavy atom. The molecule has 0 saturated heterocycles. The molecule has 0 bridgehead atoms. The predicted octanol–water partition coefficient (Wildman–Crippen LogP) is 2.26. The van der Waals surface area contributed by atoms with Crippen LogP contribution in [0.15, 0.2) is 30.3 Å². The molecular weight excluding hydrogens is 187 g/mol. The predicted molar refractivity (Wildman–Crippen MR) is 35.5 cm³/mol. The maximum atomic E-state index is 2.08. The van der Waals surface area contributed by atoms with Crippen LogP contribution < -0.4 is 0 Å². The molecule has 0 atom stereocenters. The summed E-state index contributed by atoms with van der Waals surface area (Å²) in [4.78, 5) is 0. The Kier molecular flexibility index (Phi) is 4.80. The van der Waals surface area contributed by atoms with Gasteiger partial charge in [-0.3, -0.25) is 0 Å². The summed E-state index contributed by atoms with van der Waals surface area (Å²) >= 11 is 0. The van der Waals surface area contributed by atoms with Crippen molar-refractivity contribution in [3.63, 3.8) is 0 Å². The van der Waals surface area contributed by atoms with Gasteiger partial charge in [0, 0.05) is 26.2 Å². The van der Waals surface area contributed by atoms with E-state index in [4.69, 9.17) is 0 Å². The molecule has 0 N–H and O–H groups in total. The molecule has 46 valence electrons. The van der Waals surface area contributed by atoms with Gasteiger partial charge in [0.05, 0.1) is 0 Å². The van der Waals surface area contributed by atoms with Crippen molar-refractivity contribution in [1.82, 2.24) is 0 Å². The first-order chi connectivity index (χ1) is 3.93. The number of rotatable bonds is 1. The Bertz CT molecular complexity index is 146. The van der Waals surface area contributed by atoms with Crippen LogP contribution >= 0.6 is 0 Å². The van der Waals surface area contributed by atoms with Crippen LogP contribution in [-0.2, 0) is 26.2 Å². The Balaban J connectivity index is 0.000000640. The third-order valence-corrected chi connectivity index (χ3v) is 1.13. The summed E-state index contributed by atoms with van der Waals surface area (Å²) in [6, 6.07) is 10.3. The van der Waals surface area contributed by atoms with Crippen molar-refractivity contribution < 1.29 is 26.2 Å². The molecule has 1 rings (SSSR count). The molecule has 1 heteroatoms. The van der Waals surface area contributed by atoms with Crippen LogP contribution in [0.2, 0.25) is 0 Å². The normalized spacial score (nSPS) is 7.67. The molecule has 0 spiro atoms. The molecule has 0 saturated carbocycles. The molecule has 1 aromatic carbocycles. The average Bonchev–Trinajstić information content (AvgIpc) is 1.90. The Labute approximate surface area is 75.4 Å². The quantitative estimate of drug-likeness (QED) is 0.604. The Morgan fingerprint density at radius 3 is 2.00 bits per heavy atom. The molecule has 9 heavy (non-hydrogen) atoms. The number of benzene rings is 1. The van der Waals surface area contributed by atoms with Crippen molar-refractivity contribution >= 4 is 0 Å². The van der Waals surface area contributed by atoms with Gasteiger partial charge in [0.1, 0.15) is 0 Å². The maximum absolute atomic E-state index is 2.08. The van der Waals surface area contributed by atoms with Gasteiger partial charge >= 0.3 is 0 Å². The molecule has 0 fully saturated rings. The van der Waals surface area contributed by atoms with Gasteiger partial charge in [-0.1, -0.05) is 13.0 Å². The molecule has 0 nitrogen and oxygen atoms in total. The van der Waals surface area contributed by atoms with E-state index < -0.39 is 0 Å². The Hall–Kier alpha value is -0.0269. The summed E-state index contributed by atoms with van der Waals surface area (Å²) in [5.41, 5.74) is 1.28. The SMILES string of the molecule is C[CH-]c1ccccc1.[Zr]. The summed E-state index contributed by atoms with van der Waals surface area (Å²) in [7, 11) is 0. The fourth-order valence-electron chi connectivity index (χ4n) is 0.645. The zero-order chi connectivity index (χ0) is 5.82. The van der Waals surface area contributed by atoms with E-state index in [0.717, 1.165) is 0 Å². The van der Waals surface area contributed by atoms with Crippen LogP contribution in [0.5, 0.6) is 0 Å². The summed E-state index contributed by atoms with van der Waals surface area (Å²) in [6.45, 7) is 2.04. The van der Waals surface area contributed by atoms with Crippen LogP contribution in [-0.4, -0.2) is 0 Å². The van der Waals surface area contributed by atoms with Crippen molar-refractivity contribution in [2.24, 2.45) is 0 Å². The minimum Gasteiger partial charge on any atom is -0.192 e. The van der Waals surface area contributed by atoms with Crippen LogP contribution in [0.25, 0.3) is 0 Å². The molecule has 0 aromatic heterocycles. The van der Waals surface area contributed by atoms with E-state index in [9.17, 15) is 0 Å². The second kappa shape index (κ2) is 4.81. The summed E-state index contributed by atoms with van der Waals surface area (Å²) in [6.07, 6.45) is 2.08. The molecule has 0 amide bonds. The van der Waals surface area contributed by atoms with Gasteiger partial charge in [-0.25, -0.2) is 0 Å². The molecular formula is C8H9Zr-. The van der Waals surface area contributed by atoms with Gasteiger partial charge in [0.15, 0.2) is 0 Å². The zero-order valence-electron chi connectivity index (χ0n) is 5.46. The van der Waals surface area contributed by atoms with Crippen LogP contribution in [0.3, 0.4) is 0 Å². The fourth-order valence-corrected chi connectivity index (χ4v) is 0.645. The van der Waals surface area contributed by atoms with Gasteiger partial charge < -0.3 is 0 Å². The first kappa shape index (κ1) is 8.97. The monoisotopic (exact) mass is 195 g/mol. The second-order valence-electron chi connectivity index (χ2n) is 1.70. The first-order valence-corrected chi connectivity index (χ1v) is 2.78. The largest absolute Gasteiger partial charge is 0.192 e. The third-order valence-electron chi connectivity index (χ3n) is 1.13. The van der Waals surface area contributed by atoms with E-state index in [2.05, 4.69) is 18.6 Å². The smallest absolute Gasteiger partial charge is 0 e. The van der Waals surface area contributed by atoms with Gasteiger partial charge in [-0.15, -0.1) is 12.1 Å².